The molecule has 7 nitrogen and oxygen atoms in total. The van der Waals surface area contributed by atoms with Crippen LogP contribution in [0.5, 0.6) is 5.75 Å². The number of rotatable bonds is 5. The van der Waals surface area contributed by atoms with Gasteiger partial charge in [0.25, 0.3) is 11.8 Å². The van der Waals surface area contributed by atoms with E-state index in [1.807, 2.05) is 23.1 Å². The summed E-state index contributed by atoms with van der Waals surface area (Å²) >= 11 is 0. The zero-order valence-corrected chi connectivity index (χ0v) is 18.6. The topological polar surface area (TPSA) is 66.0 Å². The molecule has 34 heavy (non-hydrogen) atoms. The van der Waals surface area contributed by atoms with Crippen LogP contribution in [-0.4, -0.2) is 55.0 Å². The number of piperazine rings is 1. The number of amides is 2. The Morgan fingerprint density at radius 1 is 0.824 bits per heavy atom. The Balaban J connectivity index is 1.50. The second-order valence-electron chi connectivity index (χ2n) is 8.04. The first-order chi connectivity index (χ1) is 16.6. The summed E-state index contributed by atoms with van der Waals surface area (Å²) < 4.78 is 18.7. The molecular weight excluding hydrogens is 435 g/mol. The van der Waals surface area contributed by atoms with Gasteiger partial charge >= 0.3 is 0 Å². The van der Waals surface area contributed by atoms with E-state index in [0.717, 1.165) is 10.7 Å². The van der Waals surface area contributed by atoms with Crippen molar-refractivity contribution in [2.75, 3.05) is 43.1 Å². The number of ether oxygens (including phenoxy) is 1. The van der Waals surface area contributed by atoms with Crippen LogP contribution in [0, 0.1) is 5.82 Å². The average molecular weight is 458 g/mol. The summed E-state index contributed by atoms with van der Waals surface area (Å²) in [6, 6.07) is 18.2. The number of carbonyl (C=O) groups is 2. The zero-order valence-electron chi connectivity index (χ0n) is 18.6. The normalized spacial score (nSPS) is 16.5. The maximum atomic E-state index is 13.6. The summed E-state index contributed by atoms with van der Waals surface area (Å²) in [7, 11) is 1.57. The van der Waals surface area contributed by atoms with Crippen LogP contribution in [0.2, 0.25) is 0 Å². The minimum atomic E-state index is -0.433. The van der Waals surface area contributed by atoms with Gasteiger partial charge in [0, 0.05) is 32.4 Å². The maximum Gasteiger partial charge on any atom is 0.282 e. The van der Waals surface area contributed by atoms with E-state index in [0.29, 0.717) is 54.4 Å². The van der Waals surface area contributed by atoms with Gasteiger partial charge in [-0.25, -0.2) is 14.3 Å². The number of aromatic nitrogens is 1. The van der Waals surface area contributed by atoms with Gasteiger partial charge in [-0.1, -0.05) is 18.2 Å². The molecule has 0 N–H and O–H groups in total. The van der Waals surface area contributed by atoms with Crippen molar-refractivity contribution >= 4 is 28.9 Å². The van der Waals surface area contributed by atoms with Crippen molar-refractivity contribution in [3.63, 3.8) is 0 Å². The number of imide groups is 1. The van der Waals surface area contributed by atoms with Gasteiger partial charge in [-0.2, -0.15) is 0 Å². The van der Waals surface area contributed by atoms with Crippen molar-refractivity contribution in [1.82, 2.24) is 9.88 Å². The van der Waals surface area contributed by atoms with Crippen LogP contribution < -0.4 is 14.5 Å². The van der Waals surface area contributed by atoms with E-state index in [4.69, 9.17) is 4.74 Å². The lowest BCUT2D eigenvalue weighted by Gasteiger charge is -2.37. The largest absolute Gasteiger partial charge is 0.497 e. The molecule has 1 fully saturated rings. The highest BCUT2D eigenvalue weighted by atomic mass is 19.1. The average Bonchev–Trinajstić information content (AvgIpc) is 3.15. The fourth-order valence-electron chi connectivity index (χ4n) is 4.35. The molecule has 0 saturated carbocycles. The molecule has 8 heteroatoms. The lowest BCUT2D eigenvalue weighted by atomic mass is 10.0. The molecule has 0 radical (unpaired) electrons. The van der Waals surface area contributed by atoms with Gasteiger partial charge in [0.2, 0.25) is 0 Å². The van der Waals surface area contributed by atoms with Gasteiger partial charge in [0.1, 0.15) is 23.1 Å². The van der Waals surface area contributed by atoms with E-state index in [1.165, 1.54) is 24.3 Å². The molecular formula is C26H23FN4O3. The Bertz CT molecular complexity index is 1240. The fraction of sp³-hybridized carbons (Fsp3) is 0.192. The third-order valence-electron chi connectivity index (χ3n) is 6.09. The summed E-state index contributed by atoms with van der Waals surface area (Å²) in [5.74, 6) is 0.269. The van der Waals surface area contributed by atoms with Gasteiger partial charge < -0.3 is 14.5 Å². The van der Waals surface area contributed by atoms with Crippen LogP contribution in [-0.2, 0) is 9.59 Å². The number of pyridine rings is 1. The van der Waals surface area contributed by atoms with E-state index in [9.17, 15) is 14.0 Å². The Kier molecular flexibility index (Phi) is 5.71. The molecule has 5 rings (SSSR count). The third-order valence-corrected chi connectivity index (χ3v) is 6.09. The first kappa shape index (κ1) is 21.6. The molecule has 0 atom stereocenters. The van der Waals surface area contributed by atoms with Crippen molar-refractivity contribution in [3.05, 3.63) is 90.0 Å². The van der Waals surface area contributed by atoms with Gasteiger partial charge in [-0.3, -0.25) is 9.59 Å². The van der Waals surface area contributed by atoms with Crippen molar-refractivity contribution in [2.45, 2.75) is 0 Å². The van der Waals surface area contributed by atoms with E-state index >= 15 is 0 Å². The van der Waals surface area contributed by atoms with Crippen LogP contribution in [0.1, 0.15) is 5.56 Å². The predicted molar refractivity (Wildman–Crippen MR) is 127 cm³/mol. The van der Waals surface area contributed by atoms with Crippen LogP contribution >= 0.6 is 0 Å². The zero-order chi connectivity index (χ0) is 23.7. The Morgan fingerprint density at radius 3 is 2.12 bits per heavy atom. The smallest absolute Gasteiger partial charge is 0.282 e. The van der Waals surface area contributed by atoms with E-state index in [2.05, 4.69) is 9.88 Å². The second-order valence-corrected chi connectivity index (χ2v) is 8.04. The number of carbonyl (C=O) groups excluding carboxylic acids is 2. The lowest BCUT2D eigenvalue weighted by Crippen LogP contribution is -2.48. The van der Waals surface area contributed by atoms with Crippen LogP contribution in [0.3, 0.4) is 0 Å². The summed E-state index contributed by atoms with van der Waals surface area (Å²) in [4.78, 5) is 36.8. The number of nitrogens with zero attached hydrogens (tertiary/aromatic N) is 4. The second kappa shape index (κ2) is 8.97. The van der Waals surface area contributed by atoms with Crippen molar-refractivity contribution in [2.24, 2.45) is 0 Å². The van der Waals surface area contributed by atoms with Gasteiger partial charge in [0.15, 0.2) is 0 Å². The van der Waals surface area contributed by atoms with Gasteiger partial charge in [0.05, 0.1) is 18.4 Å². The molecule has 3 aromatic rings. The van der Waals surface area contributed by atoms with E-state index in [-0.39, 0.29) is 0 Å². The number of methoxy groups -OCH3 is 1. The monoisotopic (exact) mass is 458 g/mol. The van der Waals surface area contributed by atoms with Crippen molar-refractivity contribution in [3.8, 4) is 5.75 Å². The quantitative estimate of drug-likeness (QED) is 0.547. The minimum Gasteiger partial charge on any atom is -0.497 e. The molecule has 2 aromatic carbocycles. The summed E-state index contributed by atoms with van der Waals surface area (Å²) in [5, 5.41) is 0. The Labute approximate surface area is 196 Å². The molecule has 0 unspecified atom stereocenters. The Hall–Kier alpha value is -4.20. The number of hydrogen-bond acceptors (Lipinski definition) is 6. The first-order valence-corrected chi connectivity index (χ1v) is 11.0. The highest BCUT2D eigenvalue weighted by Gasteiger charge is 2.43. The molecule has 172 valence electrons. The molecule has 3 heterocycles. The standard InChI is InChI=1S/C26H23FN4O3/c1-34-21-11-5-18(6-12-21)23-24(26(33)31(25(23)32)20-9-7-19(27)8-10-20)30-16-14-29(15-17-30)22-4-2-3-13-28-22/h2-13H,14-17H2,1H3. The first-order valence-electron chi connectivity index (χ1n) is 11.0. The van der Waals surface area contributed by atoms with Crippen LogP contribution in [0.15, 0.2) is 78.6 Å². The highest BCUT2D eigenvalue weighted by Crippen LogP contribution is 2.36. The van der Waals surface area contributed by atoms with Crippen molar-refractivity contribution in [1.29, 1.82) is 0 Å². The SMILES string of the molecule is COc1ccc(C2=C(N3CCN(c4ccccn4)CC3)C(=O)N(c3ccc(F)cc3)C2=O)cc1. The van der Waals surface area contributed by atoms with Crippen LogP contribution in [0.25, 0.3) is 5.57 Å². The molecule has 0 aliphatic carbocycles. The molecule has 1 saturated heterocycles. The molecule has 0 bridgehead atoms. The fourth-order valence-corrected chi connectivity index (χ4v) is 4.35. The maximum absolute atomic E-state index is 13.6. The summed E-state index contributed by atoms with van der Waals surface area (Å²) in [6.45, 7) is 2.44. The predicted octanol–water partition coefficient (Wildman–Crippen LogP) is 3.34. The Morgan fingerprint density at radius 2 is 1.50 bits per heavy atom. The highest BCUT2D eigenvalue weighted by molar-refractivity contribution is 6.45. The number of anilines is 2. The number of halogens is 1. The van der Waals surface area contributed by atoms with Gasteiger partial charge in [-0.15, -0.1) is 0 Å². The van der Waals surface area contributed by atoms with Crippen LogP contribution in [0.4, 0.5) is 15.9 Å². The number of benzene rings is 2. The van der Waals surface area contributed by atoms with Crippen molar-refractivity contribution < 1.29 is 18.7 Å². The summed E-state index contributed by atoms with van der Waals surface area (Å²) in [6.07, 6.45) is 1.76. The summed E-state index contributed by atoms with van der Waals surface area (Å²) in [5.41, 5.74) is 1.67. The molecule has 2 aliphatic heterocycles. The van der Waals surface area contributed by atoms with E-state index in [1.54, 1.807) is 37.6 Å². The number of hydrogen-bond donors (Lipinski definition) is 0. The molecule has 2 amide bonds. The minimum absolute atomic E-state index is 0.336. The molecule has 1 aromatic heterocycles. The lowest BCUT2D eigenvalue weighted by molar-refractivity contribution is -0.120. The van der Waals surface area contributed by atoms with Gasteiger partial charge in [-0.05, 0) is 54.1 Å². The molecule has 0 spiro atoms. The third kappa shape index (κ3) is 3.87. The van der Waals surface area contributed by atoms with E-state index < -0.39 is 17.6 Å². The molecule has 2 aliphatic rings.